The summed E-state index contributed by atoms with van der Waals surface area (Å²) in [6, 6.07) is 11.9. The molecule has 0 unspecified atom stereocenters. The number of halogens is 2. The maximum absolute atomic E-state index is 12.9. The second-order valence-corrected chi connectivity index (χ2v) is 7.19. The number of carbonyl (C=O) groups is 1. The first kappa shape index (κ1) is 17.6. The fraction of sp³-hybridized carbons (Fsp3) is 0.0714. The third-order valence-corrected chi connectivity index (χ3v) is 5.32. The van der Waals surface area contributed by atoms with Crippen LogP contribution in [0.5, 0.6) is 0 Å². The second-order valence-electron chi connectivity index (χ2n) is 4.48. The molecule has 2 aromatic carbocycles. The number of carbonyl (C=O) groups excluding carboxylic acids is 1. The van der Waals surface area contributed by atoms with Gasteiger partial charge < -0.3 is 0 Å². The highest BCUT2D eigenvalue weighted by Crippen LogP contribution is 2.30. The number of hydrogen-bond acceptors (Lipinski definition) is 4. The number of nitrogens with zero attached hydrogens (tertiary/aromatic N) is 1. The van der Waals surface area contributed by atoms with Crippen molar-refractivity contribution in [2.24, 2.45) is 5.84 Å². The molecule has 0 aliphatic heterocycles. The normalized spacial score (nSPS) is 11.1. The lowest BCUT2D eigenvalue weighted by molar-refractivity contribution is -0.119. The minimum Gasteiger partial charge on any atom is -0.293 e. The van der Waals surface area contributed by atoms with E-state index < -0.39 is 22.5 Å². The van der Waals surface area contributed by atoms with Gasteiger partial charge in [-0.15, -0.1) is 0 Å². The molecule has 0 radical (unpaired) electrons. The van der Waals surface area contributed by atoms with Crippen molar-refractivity contribution in [3.63, 3.8) is 0 Å². The Balaban J connectivity index is 2.54. The molecule has 122 valence electrons. The summed E-state index contributed by atoms with van der Waals surface area (Å²) in [6.45, 7) is -0.509. The number of sulfonamides is 1. The lowest BCUT2D eigenvalue weighted by Crippen LogP contribution is -2.43. The molecular formula is C14H13Cl2N3O3S. The number of hydrazine groups is 1. The molecule has 0 spiro atoms. The van der Waals surface area contributed by atoms with Crippen molar-refractivity contribution in [1.82, 2.24) is 5.43 Å². The summed E-state index contributed by atoms with van der Waals surface area (Å²) >= 11 is 11.9. The zero-order valence-electron chi connectivity index (χ0n) is 11.7. The Labute approximate surface area is 143 Å². The van der Waals surface area contributed by atoms with E-state index in [1.807, 2.05) is 5.43 Å². The van der Waals surface area contributed by atoms with Crippen LogP contribution in [0.4, 0.5) is 5.69 Å². The van der Waals surface area contributed by atoms with Gasteiger partial charge in [-0.2, -0.15) is 0 Å². The number of benzene rings is 2. The lowest BCUT2D eigenvalue weighted by atomic mass is 10.3. The highest BCUT2D eigenvalue weighted by atomic mass is 35.5. The molecule has 0 heterocycles. The van der Waals surface area contributed by atoms with E-state index in [9.17, 15) is 13.2 Å². The molecule has 0 atom stereocenters. The van der Waals surface area contributed by atoms with Crippen molar-refractivity contribution in [3.05, 3.63) is 58.6 Å². The average molecular weight is 374 g/mol. The number of rotatable bonds is 5. The largest absolute Gasteiger partial charge is 0.293 e. The molecule has 0 fully saturated rings. The zero-order valence-corrected chi connectivity index (χ0v) is 14.1. The van der Waals surface area contributed by atoms with E-state index in [4.69, 9.17) is 29.0 Å². The number of nitrogens with one attached hydrogen (secondary N) is 1. The van der Waals surface area contributed by atoms with Crippen LogP contribution >= 0.6 is 23.2 Å². The van der Waals surface area contributed by atoms with E-state index in [0.29, 0.717) is 5.02 Å². The summed E-state index contributed by atoms with van der Waals surface area (Å²) < 4.78 is 26.6. The number of para-hydroxylation sites is 1. The SMILES string of the molecule is NNC(=O)CN(c1ccccc1Cl)S(=O)(=O)c1ccc(Cl)cc1. The van der Waals surface area contributed by atoms with E-state index in [0.717, 1.165) is 4.31 Å². The van der Waals surface area contributed by atoms with Gasteiger partial charge >= 0.3 is 0 Å². The lowest BCUT2D eigenvalue weighted by Gasteiger charge is -2.24. The zero-order chi connectivity index (χ0) is 17.0. The third kappa shape index (κ3) is 3.94. The van der Waals surface area contributed by atoms with Crippen molar-refractivity contribution in [2.45, 2.75) is 4.90 Å². The molecule has 0 aromatic heterocycles. The van der Waals surface area contributed by atoms with Gasteiger partial charge in [0.1, 0.15) is 6.54 Å². The van der Waals surface area contributed by atoms with E-state index >= 15 is 0 Å². The van der Waals surface area contributed by atoms with Gasteiger partial charge in [0.25, 0.3) is 15.9 Å². The molecule has 0 saturated carbocycles. The van der Waals surface area contributed by atoms with Crippen LogP contribution in [0.25, 0.3) is 0 Å². The van der Waals surface area contributed by atoms with Gasteiger partial charge in [0.15, 0.2) is 0 Å². The molecule has 0 saturated heterocycles. The predicted molar refractivity (Wildman–Crippen MR) is 89.8 cm³/mol. The molecule has 0 aliphatic carbocycles. The second kappa shape index (κ2) is 7.18. The van der Waals surface area contributed by atoms with Crippen molar-refractivity contribution in [1.29, 1.82) is 0 Å². The van der Waals surface area contributed by atoms with Gasteiger partial charge in [-0.1, -0.05) is 35.3 Å². The van der Waals surface area contributed by atoms with Gasteiger partial charge in [-0.25, -0.2) is 14.3 Å². The maximum atomic E-state index is 12.9. The van der Waals surface area contributed by atoms with Crippen LogP contribution in [0, 0.1) is 0 Å². The third-order valence-electron chi connectivity index (χ3n) is 2.97. The molecule has 9 heteroatoms. The minimum atomic E-state index is -4.02. The molecule has 6 nitrogen and oxygen atoms in total. The summed E-state index contributed by atoms with van der Waals surface area (Å²) in [5.74, 6) is 4.39. The van der Waals surface area contributed by atoms with Crippen molar-refractivity contribution >= 4 is 44.8 Å². The first-order valence-electron chi connectivity index (χ1n) is 6.38. The number of anilines is 1. The van der Waals surface area contributed by atoms with Crippen LogP contribution in [-0.2, 0) is 14.8 Å². The smallest absolute Gasteiger partial charge is 0.264 e. The standard InChI is InChI=1S/C14H13Cl2N3O3S/c15-10-5-7-11(8-6-10)23(21,22)19(9-14(20)18-17)13-4-2-1-3-12(13)16/h1-8H,9,17H2,(H,18,20). The molecular weight excluding hydrogens is 361 g/mol. The van der Waals surface area contributed by atoms with Gasteiger partial charge in [-0.05, 0) is 36.4 Å². The Kier molecular flexibility index (Phi) is 5.48. The highest BCUT2D eigenvalue weighted by Gasteiger charge is 2.28. The van der Waals surface area contributed by atoms with E-state index in [1.54, 1.807) is 12.1 Å². The molecule has 1 amide bonds. The summed E-state index contributed by atoms with van der Waals surface area (Å²) in [5, 5.41) is 0.586. The fourth-order valence-corrected chi connectivity index (χ4v) is 3.72. The Morgan fingerprint density at radius 1 is 1.09 bits per heavy atom. The van der Waals surface area contributed by atoms with Crippen LogP contribution in [0.1, 0.15) is 0 Å². The molecule has 3 N–H and O–H groups in total. The Hall–Kier alpha value is -1.80. The Bertz CT molecular complexity index is 810. The molecule has 2 aromatic rings. The topological polar surface area (TPSA) is 92.5 Å². The number of hydrogen-bond donors (Lipinski definition) is 2. The molecule has 2 rings (SSSR count). The van der Waals surface area contributed by atoms with Crippen molar-refractivity contribution in [3.8, 4) is 0 Å². The van der Waals surface area contributed by atoms with Crippen LogP contribution in [0.3, 0.4) is 0 Å². The summed E-state index contributed by atoms with van der Waals surface area (Å²) in [5.41, 5.74) is 2.08. The van der Waals surface area contributed by atoms with Crippen LogP contribution in [0.2, 0.25) is 10.0 Å². The summed E-state index contributed by atoms with van der Waals surface area (Å²) in [4.78, 5) is 11.6. The fourth-order valence-electron chi connectivity index (χ4n) is 1.86. The van der Waals surface area contributed by atoms with Crippen molar-refractivity contribution < 1.29 is 13.2 Å². The quantitative estimate of drug-likeness (QED) is 0.477. The molecule has 0 aliphatic rings. The minimum absolute atomic E-state index is 0.0216. The van der Waals surface area contributed by atoms with Gasteiger partial charge in [0.05, 0.1) is 15.6 Å². The Morgan fingerprint density at radius 3 is 2.26 bits per heavy atom. The number of amides is 1. The monoisotopic (exact) mass is 373 g/mol. The van der Waals surface area contributed by atoms with Crippen molar-refractivity contribution in [2.75, 3.05) is 10.8 Å². The molecule has 23 heavy (non-hydrogen) atoms. The average Bonchev–Trinajstić information content (AvgIpc) is 2.53. The van der Waals surface area contributed by atoms with Gasteiger partial charge in [-0.3, -0.25) is 14.5 Å². The summed E-state index contributed by atoms with van der Waals surface area (Å²) in [7, 11) is -4.02. The molecule has 0 bridgehead atoms. The van der Waals surface area contributed by atoms with Crippen LogP contribution < -0.4 is 15.6 Å². The van der Waals surface area contributed by atoms with Crippen LogP contribution in [-0.4, -0.2) is 20.9 Å². The van der Waals surface area contributed by atoms with E-state index in [2.05, 4.69) is 0 Å². The number of nitrogens with two attached hydrogens (primary N) is 1. The Morgan fingerprint density at radius 2 is 1.70 bits per heavy atom. The first-order chi connectivity index (χ1) is 10.9. The first-order valence-corrected chi connectivity index (χ1v) is 8.58. The maximum Gasteiger partial charge on any atom is 0.264 e. The van der Waals surface area contributed by atoms with Crippen LogP contribution in [0.15, 0.2) is 53.4 Å². The highest BCUT2D eigenvalue weighted by molar-refractivity contribution is 7.92. The van der Waals surface area contributed by atoms with Gasteiger partial charge in [0.2, 0.25) is 0 Å². The predicted octanol–water partition coefficient (Wildman–Crippen LogP) is 2.18. The summed E-state index contributed by atoms with van der Waals surface area (Å²) in [6.07, 6.45) is 0. The van der Waals surface area contributed by atoms with Gasteiger partial charge in [0, 0.05) is 5.02 Å². The van der Waals surface area contributed by atoms with E-state index in [-0.39, 0.29) is 15.6 Å². The van der Waals surface area contributed by atoms with E-state index in [1.165, 1.54) is 36.4 Å².